The van der Waals surface area contributed by atoms with Crippen LogP contribution in [0.2, 0.25) is 0 Å². The molecule has 0 saturated heterocycles. The summed E-state index contributed by atoms with van der Waals surface area (Å²) in [5.74, 6) is 0. The number of fused-ring (bicyclic) bond motifs is 4. The van der Waals surface area contributed by atoms with Crippen LogP contribution in [0.4, 0.5) is 60.5 Å². The van der Waals surface area contributed by atoms with Crippen molar-refractivity contribution >= 4 is 57.6 Å². The molecule has 10 heteroatoms. The predicted octanol–water partition coefficient (Wildman–Crippen LogP) is 16.2. The molecule has 7 aromatic carbocycles. The smallest absolute Gasteiger partial charge is 0.308 e. The Balaban J connectivity index is 1.48. The molecule has 2 nitrogen and oxygen atoms in total. The Morgan fingerprint density at radius 1 is 0.379 bits per heavy atom. The van der Waals surface area contributed by atoms with Crippen molar-refractivity contribution in [2.75, 3.05) is 9.80 Å². The largest absolute Gasteiger partial charge is 0.416 e. The van der Waals surface area contributed by atoms with E-state index in [9.17, 15) is 26.3 Å². The maximum absolute atomic E-state index is 14.1. The maximum atomic E-state index is 14.1. The van der Waals surface area contributed by atoms with Crippen molar-refractivity contribution in [3.8, 4) is 22.3 Å². The summed E-state index contributed by atoms with van der Waals surface area (Å²) in [5, 5.41) is 0. The average Bonchev–Trinajstić information content (AvgIpc) is 3.20. The lowest BCUT2D eigenvalue weighted by molar-refractivity contribution is -0.138. The fraction of sp³-hybridized carbons (Fsp3) is 0.125. The fourth-order valence-electron chi connectivity index (χ4n) is 7.92. The molecule has 2 heterocycles. The highest BCUT2D eigenvalue weighted by molar-refractivity contribution is 8.00. The molecule has 0 aliphatic carbocycles. The van der Waals surface area contributed by atoms with Gasteiger partial charge in [-0.05, 0) is 101 Å². The van der Waals surface area contributed by atoms with E-state index in [4.69, 9.17) is 0 Å². The molecular weight excluding hydrogens is 783 g/mol. The third-order valence-electron chi connectivity index (χ3n) is 10.4. The Morgan fingerprint density at radius 2 is 0.672 bits per heavy atom. The van der Waals surface area contributed by atoms with Gasteiger partial charge in [-0.2, -0.15) is 26.3 Å². The van der Waals surface area contributed by atoms with Crippen LogP contribution in [0.1, 0.15) is 37.5 Å². The normalized spacial score (nSPS) is 13.7. The van der Waals surface area contributed by atoms with Crippen LogP contribution in [0.15, 0.2) is 171 Å². The van der Waals surface area contributed by atoms with Crippen LogP contribution in [0.25, 0.3) is 22.3 Å². The first kappa shape index (κ1) is 38.0. The predicted molar refractivity (Wildman–Crippen MR) is 224 cm³/mol. The minimum Gasteiger partial charge on any atom is -0.308 e. The second kappa shape index (κ2) is 14.1. The van der Waals surface area contributed by atoms with Crippen LogP contribution in [-0.4, -0.2) is 0 Å². The molecule has 2 aliphatic heterocycles. The van der Waals surface area contributed by atoms with Gasteiger partial charge in [0.1, 0.15) is 0 Å². The van der Waals surface area contributed by atoms with E-state index < -0.39 is 28.9 Å². The van der Waals surface area contributed by atoms with Gasteiger partial charge in [-0.3, -0.25) is 0 Å². The second-order valence-corrected chi connectivity index (χ2v) is 17.4. The molecule has 0 radical (unpaired) electrons. The van der Waals surface area contributed by atoms with E-state index in [1.165, 1.54) is 24.3 Å². The van der Waals surface area contributed by atoms with Gasteiger partial charge in [0, 0.05) is 30.7 Å². The molecule has 58 heavy (non-hydrogen) atoms. The highest BCUT2D eigenvalue weighted by Crippen LogP contribution is 2.60. The molecular formula is C48H34F6N2S2. The summed E-state index contributed by atoms with van der Waals surface area (Å²) in [6.45, 7) is 6.12. The Kier molecular flexibility index (Phi) is 9.20. The fourth-order valence-corrected chi connectivity index (χ4v) is 10.0. The average molecular weight is 817 g/mol. The van der Waals surface area contributed by atoms with Crippen molar-refractivity contribution in [1.82, 2.24) is 0 Å². The number of alkyl halides is 6. The molecule has 0 bridgehead atoms. The van der Waals surface area contributed by atoms with Gasteiger partial charge >= 0.3 is 12.4 Å². The topological polar surface area (TPSA) is 6.48 Å². The lowest BCUT2D eigenvalue weighted by Crippen LogP contribution is -2.23. The van der Waals surface area contributed by atoms with Crippen LogP contribution >= 0.6 is 23.5 Å². The first-order valence-electron chi connectivity index (χ1n) is 18.6. The highest BCUT2D eigenvalue weighted by Gasteiger charge is 2.38. The van der Waals surface area contributed by atoms with Gasteiger partial charge < -0.3 is 9.80 Å². The van der Waals surface area contributed by atoms with Crippen LogP contribution in [0.3, 0.4) is 0 Å². The number of nitrogens with zero attached hydrogens (tertiary/aromatic N) is 2. The molecule has 0 atom stereocenters. The van der Waals surface area contributed by atoms with Crippen LogP contribution in [-0.2, 0) is 17.8 Å². The van der Waals surface area contributed by atoms with Crippen molar-refractivity contribution in [2.45, 2.75) is 58.1 Å². The van der Waals surface area contributed by atoms with E-state index in [2.05, 4.69) is 40.1 Å². The van der Waals surface area contributed by atoms with E-state index in [1.807, 2.05) is 93.6 Å². The third-order valence-corrected chi connectivity index (χ3v) is 12.6. The first-order valence-corrected chi connectivity index (χ1v) is 20.2. The van der Waals surface area contributed by atoms with E-state index in [-0.39, 0.29) is 0 Å². The van der Waals surface area contributed by atoms with Gasteiger partial charge in [0.05, 0.1) is 45.3 Å². The SMILES string of the molecule is CC(C)(C)c1c(-c2ccc(C(F)(F)F)cc2)c(N2c3ccccc3Sc3ccccc32)cc(N2c3ccccc3Sc3ccccc32)c1-c1ccc(C(F)(F)F)cc1. The van der Waals surface area contributed by atoms with Crippen LogP contribution < -0.4 is 9.80 Å². The minimum absolute atomic E-state index is 0.538. The number of rotatable bonds is 4. The van der Waals surface area contributed by atoms with Crippen molar-refractivity contribution in [2.24, 2.45) is 0 Å². The molecule has 0 amide bonds. The summed E-state index contributed by atoms with van der Waals surface area (Å²) in [6, 6.07) is 44.6. The second-order valence-electron chi connectivity index (χ2n) is 15.2. The van der Waals surface area contributed by atoms with Gasteiger partial charge in [0.25, 0.3) is 0 Å². The Morgan fingerprint density at radius 3 is 0.948 bits per heavy atom. The Hall–Kier alpha value is -5.58. The first-order chi connectivity index (χ1) is 27.7. The summed E-state index contributed by atoms with van der Waals surface area (Å²) < 4.78 is 84.6. The summed E-state index contributed by atoms with van der Waals surface area (Å²) in [6.07, 6.45) is -9.11. The van der Waals surface area contributed by atoms with Crippen LogP contribution in [0, 0.1) is 0 Å². The number of halogens is 6. The lowest BCUT2D eigenvalue weighted by atomic mass is 9.75. The van der Waals surface area contributed by atoms with E-state index in [0.29, 0.717) is 33.6 Å². The quantitative estimate of drug-likeness (QED) is 0.163. The number of anilines is 6. The highest BCUT2D eigenvalue weighted by atomic mass is 32.2. The summed E-state index contributed by atoms with van der Waals surface area (Å²) in [7, 11) is 0. The minimum atomic E-state index is -4.56. The third kappa shape index (κ3) is 6.62. The molecule has 2 aliphatic rings. The summed E-state index contributed by atoms with van der Waals surface area (Å²) in [5.41, 5.74) is 5.90. The van der Waals surface area contributed by atoms with E-state index in [1.54, 1.807) is 23.5 Å². The molecule has 0 N–H and O–H groups in total. The summed E-state index contributed by atoms with van der Waals surface area (Å²) >= 11 is 3.28. The number of hydrogen-bond donors (Lipinski definition) is 0. The molecule has 7 aromatic rings. The van der Waals surface area contributed by atoms with Crippen LogP contribution in [0.5, 0.6) is 0 Å². The Bertz CT molecular complexity index is 2430. The van der Waals surface area contributed by atoms with Gasteiger partial charge in [0.2, 0.25) is 0 Å². The van der Waals surface area contributed by atoms with Gasteiger partial charge in [0.15, 0.2) is 0 Å². The molecule has 0 aromatic heterocycles. The number of hydrogen-bond acceptors (Lipinski definition) is 4. The van der Waals surface area contributed by atoms with Crippen molar-refractivity contribution in [1.29, 1.82) is 0 Å². The van der Waals surface area contributed by atoms with Crippen molar-refractivity contribution in [3.63, 3.8) is 0 Å². The van der Waals surface area contributed by atoms with Gasteiger partial charge in [-0.1, -0.05) is 117 Å². The van der Waals surface area contributed by atoms with Gasteiger partial charge in [-0.15, -0.1) is 0 Å². The maximum Gasteiger partial charge on any atom is 0.416 e. The summed E-state index contributed by atoms with van der Waals surface area (Å²) in [4.78, 5) is 8.34. The number of benzene rings is 7. The molecule has 0 spiro atoms. The molecule has 9 rings (SSSR count). The Labute approximate surface area is 341 Å². The molecule has 0 saturated carbocycles. The zero-order valence-corrected chi connectivity index (χ0v) is 33.0. The molecule has 0 fully saturated rings. The molecule has 0 unspecified atom stereocenters. The van der Waals surface area contributed by atoms with E-state index in [0.717, 1.165) is 72.2 Å². The van der Waals surface area contributed by atoms with Crippen molar-refractivity contribution in [3.05, 3.63) is 168 Å². The number of para-hydroxylation sites is 4. The van der Waals surface area contributed by atoms with Gasteiger partial charge in [-0.25, -0.2) is 0 Å². The zero-order chi connectivity index (χ0) is 40.6. The van der Waals surface area contributed by atoms with E-state index >= 15 is 0 Å². The lowest BCUT2D eigenvalue weighted by Gasteiger charge is -2.41. The monoisotopic (exact) mass is 816 g/mol. The standard InChI is InChI=1S/C48H34F6N2S2/c1-46(2,3)45-43(29-20-24-31(25-21-29)47(49,50)51)37(55-33-12-4-8-16-39(33)57-40-17-9-5-13-34(40)55)28-38(44(45)30-22-26-32(27-23-30)48(52,53)54)56-35-14-6-10-18-41(35)58-42-19-11-7-15-36(42)56/h4-28H,1-3H3. The van der Waals surface area contributed by atoms with Crippen molar-refractivity contribution < 1.29 is 26.3 Å². The zero-order valence-electron chi connectivity index (χ0n) is 31.4. The molecule has 290 valence electrons.